The third kappa shape index (κ3) is 3.77. The van der Waals surface area contributed by atoms with Gasteiger partial charge < -0.3 is 0 Å². The summed E-state index contributed by atoms with van der Waals surface area (Å²) in [6, 6.07) is 18.9. The third-order valence-electron chi connectivity index (χ3n) is 2.96. The Bertz CT molecular complexity index is 470. The average Bonchev–Trinajstić information content (AvgIpc) is 2.42. The highest BCUT2D eigenvalue weighted by molar-refractivity contribution is 7.95. The molecule has 0 saturated carbocycles. The Morgan fingerprint density at radius 1 is 1.06 bits per heavy atom. The van der Waals surface area contributed by atoms with Gasteiger partial charge in [0.15, 0.2) is 0 Å². The fourth-order valence-corrected chi connectivity index (χ4v) is 2.51. The second-order valence-electron chi connectivity index (χ2n) is 4.31. The Morgan fingerprint density at radius 3 is 2.33 bits per heavy atom. The zero-order valence-corrected chi connectivity index (χ0v) is 11.7. The van der Waals surface area contributed by atoms with Gasteiger partial charge in [-0.3, -0.25) is 0 Å². The second-order valence-corrected chi connectivity index (χ2v) is 5.45. The molecule has 1 nitrogen and oxygen atoms in total. The minimum absolute atomic E-state index is 0.522. The fourth-order valence-electron chi connectivity index (χ4n) is 1.97. The molecule has 0 aromatic heterocycles. The monoisotopic (exact) mass is 278 g/mol. The smallest absolute Gasteiger partial charge is 0.0757 e. The van der Waals surface area contributed by atoms with E-state index in [0.717, 1.165) is 23.4 Å². The van der Waals surface area contributed by atoms with Crippen LogP contribution in [0.4, 0.5) is 0 Å². The molecule has 2 aromatic rings. The van der Waals surface area contributed by atoms with Gasteiger partial charge in [0.25, 0.3) is 0 Å². The maximum absolute atomic E-state index is 5.20. The van der Waals surface area contributed by atoms with Gasteiger partial charge in [0.05, 0.1) is 23.9 Å². The summed E-state index contributed by atoms with van der Waals surface area (Å²) in [4.78, 5) is 1.01. The lowest BCUT2D eigenvalue weighted by Crippen LogP contribution is -1.97. The van der Waals surface area contributed by atoms with Crippen LogP contribution in [0.1, 0.15) is 24.0 Å². The van der Waals surface area contributed by atoms with E-state index in [1.165, 1.54) is 11.1 Å². The number of hydrogen-bond acceptors (Lipinski definition) is 2. The molecule has 0 spiro atoms. The van der Waals surface area contributed by atoms with Gasteiger partial charge in [0.1, 0.15) is 0 Å². The number of benzene rings is 2. The zero-order chi connectivity index (χ0) is 12.8. The Labute approximate surface area is 118 Å². The van der Waals surface area contributed by atoms with E-state index in [9.17, 15) is 0 Å². The molecule has 18 heavy (non-hydrogen) atoms. The van der Waals surface area contributed by atoms with Gasteiger partial charge >= 0.3 is 0 Å². The Kier molecular flexibility index (Phi) is 5.12. The maximum Gasteiger partial charge on any atom is 0.0757 e. The van der Waals surface area contributed by atoms with Crippen molar-refractivity contribution >= 4 is 23.9 Å². The molecule has 0 saturated heterocycles. The van der Waals surface area contributed by atoms with Crippen LogP contribution in [0.2, 0.25) is 0 Å². The van der Waals surface area contributed by atoms with Gasteiger partial charge in [0.2, 0.25) is 0 Å². The lowest BCUT2D eigenvalue weighted by atomic mass is 9.94. The van der Waals surface area contributed by atoms with E-state index in [4.69, 9.17) is 11.9 Å². The Morgan fingerprint density at radius 2 is 1.72 bits per heavy atom. The van der Waals surface area contributed by atoms with Crippen molar-refractivity contribution in [1.29, 1.82) is 0 Å². The van der Waals surface area contributed by atoms with Crippen molar-refractivity contribution in [2.45, 2.75) is 24.2 Å². The van der Waals surface area contributed by atoms with Gasteiger partial charge in [-0.05, 0) is 35.6 Å². The molecule has 0 aliphatic rings. The summed E-state index contributed by atoms with van der Waals surface area (Å²) in [6.45, 7) is 2.25. The van der Waals surface area contributed by atoms with E-state index in [-0.39, 0.29) is 0 Å². The molecule has 3 heteroatoms. The molecule has 0 aliphatic heterocycles. The third-order valence-corrected chi connectivity index (χ3v) is 3.68. The van der Waals surface area contributed by atoms with Crippen LogP contribution in [0, 0.1) is 0 Å². The first kappa shape index (κ1) is 13.5. The Balaban J connectivity index is 2.01. The van der Waals surface area contributed by atoms with E-state index >= 15 is 0 Å². The van der Waals surface area contributed by atoms with Gasteiger partial charge in [-0.25, -0.2) is 3.74 Å². The van der Waals surface area contributed by atoms with Crippen molar-refractivity contribution in [2.75, 3.05) is 0 Å². The molecule has 94 valence electrons. The van der Waals surface area contributed by atoms with Crippen molar-refractivity contribution in [2.24, 2.45) is 0 Å². The molecular formula is C15H15ClOS. The van der Waals surface area contributed by atoms with E-state index in [1.54, 1.807) is 0 Å². The summed E-state index contributed by atoms with van der Waals surface area (Å²) in [6.07, 6.45) is 1.04. The quantitative estimate of drug-likeness (QED) is 0.694. The molecule has 0 fully saturated rings. The van der Waals surface area contributed by atoms with E-state index in [1.807, 2.05) is 18.2 Å². The molecule has 0 aliphatic carbocycles. The van der Waals surface area contributed by atoms with E-state index < -0.39 is 0 Å². The van der Waals surface area contributed by atoms with Crippen molar-refractivity contribution in [3.05, 3.63) is 65.7 Å². The predicted octanol–water partition coefficient (Wildman–Crippen LogP) is 5.21. The van der Waals surface area contributed by atoms with Crippen LogP contribution in [0.25, 0.3) is 0 Å². The highest BCUT2D eigenvalue weighted by Crippen LogP contribution is 2.24. The van der Waals surface area contributed by atoms with Crippen LogP contribution in [0.15, 0.2) is 59.5 Å². The largest absolute Gasteiger partial charge is 0.202 e. The van der Waals surface area contributed by atoms with Gasteiger partial charge in [-0.15, -0.1) is 0 Å². The summed E-state index contributed by atoms with van der Waals surface area (Å²) in [5, 5.41) is 0. The molecule has 2 rings (SSSR count). The van der Waals surface area contributed by atoms with E-state index in [2.05, 4.69) is 47.1 Å². The first-order valence-corrected chi connectivity index (χ1v) is 6.94. The van der Waals surface area contributed by atoms with Gasteiger partial charge in [0, 0.05) is 4.90 Å². The molecule has 0 radical (unpaired) electrons. The minimum Gasteiger partial charge on any atom is -0.202 e. The summed E-state index contributed by atoms with van der Waals surface area (Å²) < 4.78 is 4.51. The molecule has 1 unspecified atom stereocenters. The average molecular weight is 279 g/mol. The number of rotatable bonds is 5. The first-order chi connectivity index (χ1) is 8.79. The van der Waals surface area contributed by atoms with Gasteiger partial charge in [-0.2, -0.15) is 0 Å². The SMILES string of the molecule is CC(Cc1ccc(SOCl)cc1)c1ccccc1. The van der Waals surface area contributed by atoms with Crippen molar-refractivity contribution in [1.82, 2.24) is 0 Å². The van der Waals surface area contributed by atoms with Crippen molar-refractivity contribution in [3.8, 4) is 0 Å². The molecule has 2 aromatic carbocycles. The van der Waals surface area contributed by atoms with Crippen LogP contribution in [-0.4, -0.2) is 0 Å². The highest BCUT2D eigenvalue weighted by atomic mass is 35.5. The number of halogens is 1. The summed E-state index contributed by atoms with van der Waals surface area (Å²) in [7, 11) is 0. The second kappa shape index (κ2) is 6.83. The van der Waals surface area contributed by atoms with Crippen molar-refractivity contribution in [3.63, 3.8) is 0 Å². The van der Waals surface area contributed by atoms with Crippen molar-refractivity contribution < 1.29 is 3.74 Å². The molecule has 0 bridgehead atoms. The molecule has 0 N–H and O–H groups in total. The van der Waals surface area contributed by atoms with E-state index in [0.29, 0.717) is 5.92 Å². The number of hydrogen-bond donors (Lipinski definition) is 0. The zero-order valence-electron chi connectivity index (χ0n) is 10.2. The maximum atomic E-state index is 5.20. The lowest BCUT2D eigenvalue weighted by Gasteiger charge is -2.12. The standard InChI is InChI=1S/C15H15ClOS/c1-12(14-5-3-2-4-6-14)11-13-7-9-15(10-8-13)18-17-16/h2-10,12H,11H2,1H3. The molecule has 0 heterocycles. The lowest BCUT2D eigenvalue weighted by molar-refractivity contribution is 0.726. The van der Waals surface area contributed by atoms with Gasteiger partial charge in [-0.1, -0.05) is 49.4 Å². The predicted molar refractivity (Wildman–Crippen MR) is 77.8 cm³/mol. The van der Waals surface area contributed by atoms with Crippen LogP contribution < -0.4 is 0 Å². The van der Waals surface area contributed by atoms with Crippen LogP contribution >= 0.6 is 23.9 Å². The topological polar surface area (TPSA) is 9.23 Å². The summed E-state index contributed by atoms with van der Waals surface area (Å²) >= 11 is 6.37. The molecular weight excluding hydrogens is 264 g/mol. The Hall–Kier alpha value is -0.960. The fraction of sp³-hybridized carbons (Fsp3) is 0.200. The normalized spacial score (nSPS) is 12.3. The molecule has 0 amide bonds. The summed E-state index contributed by atoms with van der Waals surface area (Å²) in [5.41, 5.74) is 2.70. The molecule has 1 atom stereocenters. The highest BCUT2D eigenvalue weighted by Gasteiger charge is 2.06. The first-order valence-electron chi connectivity index (χ1n) is 5.88. The van der Waals surface area contributed by atoms with Crippen LogP contribution in [0.5, 0.6) is 0 Å². The summed E-state index contributed by atoms with van der Waals surface area (Å²) in [5.74, 6) is 0.522. The minimum atomic E-state index is 0.522. The van der Waals surface area contributed by atoms with Crippen LogP contribution in [-0.2, 0) is 10.2 Å². The van der Waals surface area contributed by atoms with Crippen LogP contribution in [0.3, 0.4) is 0 Å².